The standard InChI is InChI=1S/C22H33N3O5S/c1-14(2)12-16(24-21(28)18(31)10-6-7-11-19(23)26)20(27)25-17(22(29)30)13-15-8-4-3-5-9-15/h3-5,8-9,14,16-18,31H,6-7,10-13H2,1-2H3,(H2,23,26)(H,24,28)(H,25,27)(H,29,30)/t16?,17-,18?/m0/s1. The summed E-state index contributed by atoms with van der Waals surface area (Å²) >= 11 is 4.30. The molecule has 3 amide bonds. The van der Waals surface area contributed by atoms with Gasteiger partial charge in [0, 0.05) is 12.8 Å². The number of carboxylic acids is 1. The Labute approximate surface area is 188 Å². The van der Waals surface area contributed by atoms with E-state index in [1.165, 1.54) is 0 Å². The lowest BCUT2D eigenvalue weighted by Crippen LogP contribution is -2.53. The molecule has 0 spiro atoms. The molecule has 1 aromatic rings. The van der Waals surface area contributed by atoms with Gasteiger partial charge in [0.15, 0.2) is 0 Å². The van der Waals surface area contributed by atoms with Crippen LogP contribution < -0.4 is 16.4 Å². The fraction of sp³-hybridized carbons (Fsp3) is 0.545. The van der Waals surface area contributed by atoms with Crippen LogP contribution in [0.1, 0.15) is 51.5 Å². The van der Waals surface area contributed by atoms with Gasteiger partial charge in [-0.25, -0.2) is 4.79 Å². The number of primary amides is 1. The Morgan fingerprint density at radius 1 is 1.00 bits per heavy atom. The zero-order valence-electron chi connectivity index (χ0n) is 18.0. The number of nitrogens with one attached hydrogen (secondary N) is 2. The van der Waals surface area contributed by atoms with Gasteiger partial charge in [0.05, 0.1) is 5.25 Å². The molecule has 0 aliphatic rings. The molecule has 1 rings (SSSR count). The fourth-order valence-corrected chi connectivity index (χ4v) is 3.32. The molecule has 172 valence electrons. The van der Waals surface area contributed by atoms with Gasteiger partial charge in [0.25, 0.3) is 0 Å². The van der Waals surface area contributed by atoms with E-state index in [4.69, 9.17) is 5.73 Å². The number of benzene rings is 1. The Bertz CT molecular complexity index is 742. The summed E-state index contributed by atoms with van der Waals surface area (Å²) in [5.41, 5.74) is 5.88. The zero-order chi connectivity index (χ0) is 23.4. The van der Waals surface area contributed by atoms with Crippen molar-refractivity contribution < 1.29 is 24.3 Å². The molecule has 9 heteroatoms. The van der Waals surface area contributed by atoms with Crippen molar-refractivity contribution in [2.45, 2.75) is 69.7 Å². The highest BCUT2D eigenvalue weighted by atomic mass is 32.1. The van der Waals surface area contributed by atoms with Crippen LogP contribution in [0.3, 0.4) is 0 Å². The molecule has 0 bridgehead atoms. The van der Waals surface area contributed by atoms with Gasteiger partial charge in [-0.3, -0.25) is 14.4 Å². The third-order valence-electron chi connectivity index (χ3n) is 4.69. The van der Waals surface area contributed by atoms with E-state index in [0.29, 0.717) is 25.7 Å². The van der Waals surface area contributed by atoms with Crippen molar-refractivity contribution in [2.75, 3.05) is 0 Å². The molecular formula is C22H33N3O5S. The van der Waals surface area contributed by atoms with E-state index in [1.807, 2.05) is 19.9 Å². The van der Waals surface area contributed by atoms with Gasteiger partial charge in [0.2, 0.25) is 17.7 Å². The van der Waals surface area contributed by atoms with Gasteiger partial charge in [-0.05, 0) is 30.7 Å². The maximum atomic E-state index is 12.8. The number of hydrogen-bond acceptors (Lipinski definition) is 5. The lowest BCUT2D eigenvalue weighted by molar-refractivity contribution is -0.142. The summed E-state index contributed by atoms with van der Waals surface area (Å²) in [6.07, 6.45) is 2.35. The highest BCUT2D eigenvalue weighted by Crippen LogP contribution is 2.12. The number of carbonyl (C=O) groups excluding carboxylic acids is 3. The number of thiol groups is 1. The Balaban J connectivity index is 2.72. The van der Waals surface area contributed by atoms with Crippen LogP contribution >= 0.6 is 12.6 Å². The summed E-state index contributed by atoms with van der Waals surface area (Å²) in [4.78, 5) is 47.8. The molecule has 0 aliphatic heterocycles. The average molecular weight is 452 g/mol. The van der Waals surface area contributed by atoms with Crippen LogP contribution in [0.4, 0.5) is 0 Å². The van der Waals surface area contributed by atoms with Crippen LogP contribution in [0.5, 0.6) is 0 Å². The Morgan fingerprint density at radius 2 is 1.61 bits per heavy atom. The van der Waals surface area contributed by atoms with Crippen molar-refractivity contribution in [1.29, 1.82) is 0 Å². The molecule has 0 aliphatic carbocycles. The lowest BCUT2D eigenvalue weighted by atomic mass is 10.0. The first kappa shape index (κ1) is 26.5. The number of rotatable bonds is 14. The van der Waals surface area contributed by atoms with E-state index in [2.05, 4.69) is 23.3 Å². The molecule has 8 nitrogen and oxygen atoms in total. The summed E-state index contributed by atoms with van der Waals surface area (Å²) in [6.45, 7) is 3.82. The number of amides is 3. The van der Waals surface area contributed by atoms with Crippen molar-refractivity contribution in [3.8, 4) is 0 Å². The first-order valence-corrected chi connectivity index (χ1v) is 11.0. The normalized spacial score (nSPS) is 13.8. The third-order valence-corrected chi connectivity index (χ3v) is 5.18. The molecule has 5 N–H and O–H groups in total. The summed E-state index contributed by atoms with van der Waals surface area (Å²) in [5, 5.41) is 14.1. The molecule has 0 heterocycles. The Morgan fingerprint density at radius 3 is 2.16 bits per heavy atom. The largest absolute Gasteiger partial charge is 0.480 e. The van der Waals surface area contributed by atoms with Gasteiger partial charge in [-0.2, -0.15) is 12.6 Å². The van der Waals surface area contributed by atoms with E-state index in [1.54, 1.807) is 24.3 Å². The van der Waals surface area contributed by atoms with Crippen LogP contribution in [0, 0.1) is 5.92 Å². The monoisotopic (exact) mass is 451 g/mol. The fourth-order valence-electron chi connectivity index (χ4n) is 3.06. The van der Waals surface area contributed by atoms with E-state index in [0.717, 1.165) is 5.56 Å². The number of nitrogens with two attached hydrogens (primary N) is 1. The van der Waals surface area contributed by atoms with Gasteiger partial charge in [0.1, 0.15) is 12.1 Å². The van der Waals surface area contributed by atoms with Gasteiger partial charge < -0.3 is 21.5 Å². The summed E-state index contributed by atoms with van der Waals surface area (Å²) in [5.74, 6) is -2.38. The van der Waals surface area contributed by atoms with Crippen molar-refractivity contribution in [2.24, 2.45) is 11.7 Å². The Hall–Kier alpha value is -2.55. The average Bonchev–Trinajstić information content (AvgIpc) is 2.70. The first-order chi connectivity index (χ1) is 14.6. The molecular weight excluding hydrogens is 418 g/mol. The molecule has 0 saturated heterocycles. The molecule has 3 atom stereocenters. The number of hydrogen-bond donors (Lipinski definition) is 5. The SMILES string of the molecule is CC(C)CC(NC(=O)C(S)CCCCC(N)=O)C(=O)N[C@@H](Cc1ccccc1)C(=O)O. The summed E-state index contributed by atoms with van der Waals surface area (Å²) < 4.78 is 0. The topological polar surface area (TPSA) is 139 Å². The highest BCUT2D eigenvalue weighted by Gasteiger charge is 2.28. The summed E-state index contributed by atoms with van der Waals surface area (Å²) in [7, 11) is 0. The minimum atomic E-state index is -1.15. The van der Waals surface area contributed by atoms with Crippen molar-refractivity contribution >= 4 is 36.3 Å². The number of unbranched alkanes of at least 4 members (excludes halogenated alkanes) is 1. The zero-order valence-corrected chi connectivity index (χ0v) is 18.9. The molecule has 0 saturated carbocycles. The molecule has 0 radical (unpaired) electrons. The maximum Gasteiger partial charge on any atom is 0.326 e. The maximum absolute atomic E-state index is 12.8. The quantitative estimate of drug-likeness (QED) is 0.216. The molecule has 0 fully saturated rings. The second kappa shape index (κ2) is 13.7. The summed E-state index contributed by atoms with van der Waals surface area (Å²) in [6, 6.07) is 7.03. The molecule has 1 aromatic carbocycles. The second-order valence-corrected chi connectivity index (χ2v) is 8.63. The van der Waals surface area contributed by atoms with Crippen molar-refractivity contribution in [3.05, 3.63) is 35.9 Å². The van der Waals surface area contributed by atoms with Crippen LogP contribution in [-0.4, -0.2) is 46.1 Å². The van der Waals surface area contributed by atoms with E-state index < -0.39 is 41.0 Å². The van der Waals surface area contributed by atoms with Crippen molar-refractivity contribution in [1.82, 2.24) is 10.6 Å². The van der Waals surface area contributed by atoms with Crippen molar-refractivity contribution in [3.63, 3.8) is 0 Å². The van der Waals surface area contributed by atoms with Gasteiger partial charge in [-0.15, -0.1) is 0 Å². The minimum Gasteiger partial charge on any atom is -0.480 e. The molecule has 0 aromatic heterocycles. The number of aliphatic carboxylic acids is 1. The predicted octanol–water partition coefficient (Wildman–Crippen LogP) is 1.67. The third kappa shape index (κ3) is 10.9. The van der Waals surface area contributed by atoms with E-state index in [-0.39, 0.29) is 18.8 Å². The van der Waals surface area contributed by atoms with Crippen LogP contribution in [0.2, 0.25) is 0 Å². The highest BCUT2D eigenvalue weighted by molar-refractivity contribution is 7.81. The lowest BCUT2D eigenvalue weighted by Gasteiger charge is -2.24. The van der Waals surface area contributed by atoms with Crippen LogP contribution in [0.15, 0.2) is 30.3 Å². The number of carboxylic acid groups (broad SMARTS) is 1. The number of carbonyl (C=O) groups is 4. The second-order valence-electron chi connectivity index (χ2n) is 8.01. The van der Waals surface area contributed by atoms with Gasteiger partial charge >= 0.3 is 5.97 Å². The molecule has 2 unspecified atom stereocenters. The first-order valence-electron chi connectivity index (χ1n) is 10.4. The van der Waals surface area contributed by atoms with Crippen LogP contribution in [-0.2, 0) is 25.6 Å². The predicted molar refractivity (Wildman–Crippen MR) is 122 cm³/mol. The van der Waals surface area contributed by atoms with E-state index >= 15 is 0 Å². The Kier molecular flexibility index (Phi) is 11.7. The molecule has 31 heavy (non-hydrogen) atoms. The minimum absolute atomic E-state index is 0.0994. The van der Waals surface area contributed by atoms with Crippen LogP contribution in [0.25, 0.3) is 0 Å². The smallest absolute Gasteiger partial charge is 0.326 e. The van der Waals surface area contributed by atoms with Gasteiger partial charge in [-0.1, -0.05) is 50.6 Å². The van der Waals surface area contributed by atoms with E-state index in [9.17, 15) is 24.3 Å².